The number of anilines is 1. The molecular weight excluding hydrogens is 382 g/mol. The van der Waals surface area contributed by atoms with Gasteiger partial charge in [-0.3, -0.25) is 9.52 Å². The van der Waals surface area contributed by atoms with Crippen LogP contribution < -0.4 is 9.46 Å². The van der Waals surface area contributed by atoms with Gasteiger partial charge in [-0.15, -0.1) is 0 Å². The molecule has 1 atom stereocenters. The first kappa shape index (κ1) is 21.4. The Hall–Kier alpha value is -2.87. The molecule has 0 spiro atoms. The predicted octanol–water partition coefficient (Wildman–Crippen LogP) is 3.28. The zero-order valence-electron chi connectivity index (χ0n) is 16.0. The Bertz CT molecular complexity index is 920. The molecule has 0 saturated heterocycles. The number of ketones is 1. The molecule has 8 heteroatoms. The van der Waals surface area contributed by atoms with Crippen molar-refractivity contribution in [1.82, 2.24) is 0 Å². The molecule has 2 aromatic rings. The highest BCUT2D eigenvalue weighted by molar-refractivity contribution is 7.92. The van der Waals surface area contributed by atoms with Crippen molar-refractivity contribution >= 4 is 27.5 Å². The van der Waals surface area contributed by atoms with E-state index in [-0.39, 0.29) is 5.78 Å². The van der Waals surface area contributed by atoms with Gasteiger partial charge in [-0.05, 0) is 61.9 Å². The summed E-state index contributed by atoms with van der Waals surface area (Å²) < 4.78 is 35.4. The predicted molar refractivity (Wildman–Crippen MR) is 106 cm³/mol. The SMILES string of the molecule is CCCOc1ccc(C(=O)O[C@@H](C)C(=O)c2ccc(NS(C)(=O)=O)cc2)cc1. The number of ether oxygens (including phenoxy) is 2. The molecule has 2 rings (SSSR count). The molecule has 0 aromatic heterocycles. The molecular formula is C20H23NO6S. The van der Waals surface area contributed by atoms with Gasteiger partial charge in [0.2, 0.25) is 15.8 Å². The van der Waals surface area contributed by atoms with E-state index in [0.29, 0.717) is 29.2 Å². The van der Waals surface area contributed by atoms with Crippen molar-refractivity contribution in [2.75, 3.05) is 17.6 Å². The number of sulfonamides is 1. The quantitative estimate of drug-likeness (QED) is 0.508. The average molecular weight is 405 g/mol. The van der Waals surface area contributed by atoms with Crippen molar-refractivity contribution in [1.29, 1.82) is 0 Å². The summed E-state index contributed by atoms with van der Waals surface area (Å²) in [6.07, 6.45) is 0.933. The van der Waals surface area contributed by atoms with Gasteiger partial charge in [0.25, 0.3) is 0 Å². The van der Waals surface area contributed by atoms with Crippen LogP contribution in [-0.4, -0.2) is 39.1 Å². The van der Waals surface area contributed by atoms with Gasteiger partial charge < -0.3 is 9.47 Å². The van der Waals surface area contributed by atoms with E-state index in [0.717, 1.165) is 12.7 Å². The number of rotatable bonds is 9. The zero-order valence-corrected chi connectivity index (χ0v) is 16.8. The third-order valence-electron chi connectivity index (χ3n) is 3.69. The molecule has 2 aromatic carbocycles. The Morgan fingerprint density at radius 1 is 1.00 bits per heavy atom. The molecule has 0 aliphatic carbocycles. The maximum Gasteiger partial charge on any atom is 0.338 e. The van der Waals surface area contributed by atoms with E-state index in [9.17, 15) is 18.0 Å². The number of benzene rings is 2. The van der Waals surface area contributed by atoms with Crippen LogP contribution in [0.5, 0.6) is 5.75 Å². The first-order chi connectivity index (χ1) is 13.2. The smallest absolute Gasteiger partial charge is 0.338 e. The van der Waals surface area contributed by atoms with E-state index in [2.05, 4.69) is 4.72 Å². The minimum Gasteiger partial charge on any atom is -0.494 e. The van der Waals surface area contributed by atoms with Crippen molar-refractivity contribution < 1.29 is 27.5 Å². The normalized spacial score (nSPS) is 12.1. The number of carbonyl (C=O) groups is 2. The first-order valence-electron chi connectivity index (χ1n) is 8.75. The lowest BCUT2D eigenvalue weighted by Crippen LogP contribution is -2.24. The second-order valence-corrected chi connectivity index (χ2v) is 7.98. The van der Waals surface area contributed by atoms with Gasteiger partial charge in [0.05, 0.1) is 18.4 Å². The van der Waals surface area contributed by atoms with Gasteiger partial charge in [-0.1, -0.05) is 6.92 Å². The van der Waals surface area contributed by atoms with Crippen molar-refractivity contribution in [2.24, 2.45) is 0 Å². The van der Waals surface area contributed by atoms with Crippen molar-refractivity contribution in [3.05, 3.63) is 59.7 Å². The molecule has 1 N–H and O–H groups in total. The minimum absolute atomic E-state index is 0.308. The Labute approximate surface area is 164 Å². The molecule has 150 valence electrons. The van der Waals surface area contributed by atoms with E-state index in [4.69, 9.17) is 9.47 Å². The molecule has 0 fully saturated rings. The van der Waals surface area contributed by atoms with Gasteiger partial charge in [-0.2, -0.15) is 0 Å². The monoisotopic (exact) mass is 405 g/mol. The number of esters is 1. The number of carbonyl (C=O) groups excluding carboxylic acids is 2. The molecule has 0 aliphatic rings. The van der Waals surface area contributed by atoms with Crippen LogP contribution in [0.15, 0.2) is 48.5 Å². The van der Waals surface area contributed by atoms with Crippen LogP contribution >= 0.6 is 0 Å². The van der Waals surface area contributed by atoms with E-state index >= 15 is 0 Å². The maximum absolute atomic E-state index is 12.4. The molecule has 0 unspecified atom stereocenters. The third-order valence-corrected chi connectivity index (χ3v) is 4.30. The summed E-state index contributed by atoms with van der Waals surface area (Å²) in [6.45, 7) is 4.08. The highest BCUT2D eigenvalue weighted by atomic mass is 32.2. The van der Waals surface area contributed by atoms with E-state index < -0.39 is 22.1 Å². The van der Waals surface area contributed by atoms with Gasteiger partial charge in [0.15, 0.2) is 6.10 Å². The average Bonchev–Trinajstić information content (AvgIpc) is 2.65. The number of hydrogen-bond acceptors (Lipinski definition) is 6. The molecule has 0 amide bonds. The summed E-state index contributed by atoms with van der Waals surface area (Å²) in [5.74, 6) is -0.342. The standard InChI is InChI=1S/C20H23NO6S/c1-4-13-26-18-11-7-16(8-12-18)20(23)27-14(2)19(22)15-5-9-17(10-6-15)21-28(3,24)25/h5-12,14,21H,4,13H2,1-3H3/t14-/m0/s1. The van der Waals surface area contributed by atoms with Crippen LogP contribution in [0.2, 0.25) is 0 Å². The Balaban J connectivity index is 1.98. The van der Waals surface area contributed by atoms with E-state index in [1.807, 2.05) is 6.92 Å². The largest absolute Gasteiger partial charge is 0.494 e. The van der Waals surface area contributed by atoms with Crippen LogP contribution in [0.3, 0.4) is 0 Å². The fourth-order valence-electron chi connectivity index (χ4n) is 2.34. The fraction of sp³-hybridized carbons (Fsp3) is 0.300. The lowest BCUT2D eigenvalue weighted by molar-refractivity contribution is 0.0319. The molecule has 7 nitrogen and oxygen atoms in total. The molecule has 0 aliphatic heterocycles. The molecule has 0 heterocycles. The molecule has 28 heavy (non-hydrogen) atoms. The number of nitrogens with one attached hydrogen (secondary N) is 1. The summed E-state index contributed by atoms with van der Waals surface area (Å²) in [5, 5.41) is 0. The van der Waals surface area contributed by atoms with Crippen molar-refractivity contribution in [3.8, 4) is 5.75 Å². The summed E-state index contributed by atoms with van der Waals surface area (Å²) in [5.41, 5.74) is 0.966. The lowest BCUT2D eigenvalue weighted by atomic mass is 10.1. The molecule has 0 bridgehead atoms. The fourth-order valence-corrected chi connectivity index (χ4v) is 2.90. The Morgan fingerprint density at radius 3 is 2.11 bits per heavy atom. The van der Waals surface area contributed by atoms with Crippen molar-refractivity contribution in [2.45, 2.75) is 26.4 Å². The second-order valence-electron chi connectivity index (χ2n) is 6.24. The van der Waals surface area contributed by atoms with Crippen LogP contribution in [-0.2, 0) is 14.8 Å². The summed E-state index contributed by atoms with van der Waals surface area (Å²) in [7, 11) is -3.39. The lowest BCUT2D eigenvalue weighted by Gasteiger charge is -2.13. The highest BCUT2D eigenvalue weighted by Gasteiger charge is 2.20. The van der Waals surface area contributed by atoms with Gasteiger partial charge >= 0.3 is 5.97 Å². The van der Waals surface area contributed by atoms with Gasteiger partial charge in [-0.25, -0.2) is 13.2 Å². The van der Waals surface area contributed by atoms with Crippen LogP contribution in [0.25, 0.3) is 0 Å². The third kappa shape index (κ3) is 6.38. The first-order valence-corrected chi connectivity index (χ1v) is 10.6. The zero-order chi connectivity index (χ0) is 20.7. The summed E-state index contributed by atoms with van der Waals surface area (Å²) in [4.78, 5) is 24.7. The highest BCUT2D eigenvalue weighted by Crippen LogP contribution is 2.16. The van der Waals surface area contributed by atoms with E-state index in [1.165, 1.54) is 31.2 Å². The molecule has 0 saturated carbocycles. The van der Waals surface area contributed by atoms with Crippen LogP contribution in [0, 0.1) is 0 Å². The molecule has 0 radical (unpaired) electrons. The van der Waals surface area contributed by atoms with Crippen LogP contribution in [0.4, 0.5) is 5.69 Å². The minimum atomic E-state index is -3.39. The number of Topliss-reactive ketones (excluding diaryl/α,β-unsaturated/α-hetero) is 1. The number of hydrogen-bond donors (Lipinski definition) is 1. The van der Waals surface area contributed by atoms with Gasteiger partial charge in [0, 0.05) is 11.3 Å². The summed E-state index contributed by atoms with van der Waals surface area (Å²) in [6, 6.07) is 12.4. The van der Waals surface area contributed by atoms with Gasteiger partial charge in [0.1, 0.15) is 5.75 Å². The Kier molecular flexibility index (Phi) is 7.17. The van der Waals surface area contributed by atoms with Crippen LogP contribution in [0.1, 0.15) is 41.0 Å². The summed E-state index contributed by atoms with van der Waals surface area (Å²) >= 11 is 0. The van der Waals surface area contributed by atoms with Crippen molar-refractivity contribution in [3.63, 3.8) is 0 Å². The van der Waals surface area contributed by atoms with E-state index in [1.54, 1.807) is 24.3 Å². The topological polar surface area (TPSA) is 98.8 Å². The maximum atomic E-state index is 12.4. The Morgan fingerprint density at radius 2 is 1.57 bits per heavy atom. The second kappa shape index (κ2) is 9.36.